The number of hydroxylamine groups is 1. The van der Waals surface area contributed by atoms with Gasteiger partial charge in [-0.15, -0.1) is 0 Å². The summed E-state index contributed by atoms with van der Waals surface area (Å²) in [4.78, 5) is 0. The molecule has 0 amide bonds. The summed E-state index contributed by atoms with van der Waals surface area (Å²) in [5.41, 5.74) is -0.395. The molecule has 1 aromatic carbocycles. The van der Waals surface area contributed by atoms with E-state index in [0.29, 0.717) is 0 Å². The van der Waals surface area contributed by atoms with E-state index in [-0.39, 0.29) is 24.7 Å². The van der Waals surface area contributed by atoms with Crippen LogP contribution < -0.4 is 4.76 Å². The molecule has 104 valence electrons. The van der Waals surface area contributed by atoms with Crippen molar-refractivity contribution in [1.29, 1.82) is 0 Å². The van der Waals surface area contributed by atoms with Crippen LogP contribution in [0.5, 0.6) is 5.75 Å². The molecule has 1 atom stereocenters. The van der Waals surface area contributed by atoms with Gasteiger partial charge < -0.3 is 10.3 Å². The van der Waals surface area contributed by atoms with Gasteiger partial charge >= 0.3 is 0 Å². The van der Waals surface area contributed by atoms with Crippen molar-refractivity contribution < 1.29 is 13.9 Å². The molecule has 0 bridgehead atoms. The number of halogens is 3. The van der Waals surface area contributed by atoms with Crippen molar-refractivity contribution >= 4 is 17.3 Å². The molecular weight excluding hydrogens is 282 g/mol. The number of aromatic hydroxyl groups is 1. The second-order valence-corrected chi connectivity index (χ2v) is 4.46. The Labute approximate surface area is 112 Å². The summed E-state index contributed by atoms with van der Waals surface area (Å²) in [6.45, 7) is -0.609. The summed E-state index contributed by atoms with van der Waals surface area (Å²) in [6, 6.07) is 1.76. The second kappa shape index (κ2) is 5.24. The maximum atomic E-state index is 13.7. The fourth-order valence-electron chi connectivity index (χ4n) is 1.68. The molecule has 1 aromatic rings. The maximum absolute atomic E-state index is 13.7. The van der Waals surface area contributed by atoms with Crippen LogP contribution in [0.25, 0.3) is 0 Å². The average Bonchev–Trinajstić information content (AvgIpc) is 2.74. The molecule has 0 fully saturated rings. The monoisotopic (exact) mass is 292 g/mol. The molecule has 1 unspecified atom stereocenters. The smallest absolute Gasteiger partial charge is 0.202 e. The Balaban J connectivity index is 2.23. The van der Waals surface area contributed by atoms with Crippen LogP contribution in [0, 0.1) is 11.0 Å². The van der Waals surface area contributed by atoms with E-state index in [9.17, 15) is 19.1 Å². The highest BCUT2D eigenvalue weighted by atomic mass is 35.5. The summed E-state index contributed by atoms with van der Waals surface area (Å²) in [7, 11) is 0. The zero-order valence-corrected chi connectivity index (χ0v) is 10.5. The molecule has 1 aliphatic heterocycles. The number of benzene rings is 1. The minimum Gasteiger partial charge on any atom is -0.597 e. The quantitative estimate of drug-likeness (QED) is 0.685. The van der Waals surface area contributed by atoms with Crippen LogP contribution in [0.2, 0.25) is 5.02 Å². The highest BCUT2D eigenvalue weighted by molar-refractivity contribution is 6.32. The van der Waals surface area contributed by atoms with Gasteiger partial charge in [-0.3, -0.25) is 4.39 Å². The first-order chi connectivity index (χ1) is 8.96. The SMILES string of the molecule is [O-][N+]1(c2cc(O)c(Cl)cc2F)CN(CCCF)N=N1. The molecule has 19 heavy (non-hydrogen) atoms. The Morgan fingerprint density at radius 1 is 1.53 bits per heavy atom. The van der Waals surface area contributed by atoms with Crippen molar-refractivity contribution in [2.45, 2.75) is 6.42 Å². The summed E-state index contributed by atoms with van der Waals surface area (Å²) >= 11 is 5.53. The lowest BCUT2D eigenvalue weighted by atomic mass is 10.2. The number of rotatable bonds is 4. The first-order valence-corrected chi connectivity index (χ1v) is 5.86. The third kappa shape index (κ3) is 2.75. The number of nitrogens with zero attached hydrogens (tertiary/aromatic N) is 4. The highest BCUT2D eigenvalue weighted by Gasteiger charge is 2.34. The lowest BCUT2D eigenvalue weighted by Gasteiger charge is -2.30. The van der Waals surface area contributed by atoms with Crippen LogP contribution in [0.4, 0.5) is 14.5 Å². The number of phenols is 1. The standard InChI is InChI=1S/C10H11ClF2N4O2/c11-7-4-8(13)9(5-10(7)18)17(19)6-16(14-15-17)3-1-2-12/h4-5,18H,1-3,6H2. The average molecular weight is 293 g/mol. The number of alkyl halides is 1. The van der Waals surface area contributed by atoms with Gasteiger partial charge in [0.15, 0.2) is 5.82 Å². The number of hydrogen-bond donors (Lipinski definition) is 1. The van der Waals surface area contributed by atoms with Crippen LogP contribution in [0.1, 0.15) is 6.42 Å². The van der Waals surface area contributed by atoms with Crippen molar-refractivity contribution in [3.8, 4) is 5.75 Å². The van der Waals surface area contributed by atoms with Gasteiger partial charge in [-0.05, 0) is 11.6 Å². The predicted octanol–water partition coefficient (Wildman–Crippen LogP) is 2.90. The van der Waals surface area contributed by atoms with Gasteiger partial charge in [0.25, 0.3) is 0 Å². The van der Waals surface area contributed by atoms with Crippen LogP contribution in [-0.4, -0.2) is 30.0 Å². The molecule has 1 heterocycles. The Kier molecular flexibility index (Phi) is 3.83. The van der Waals surface area contributed by atoms with Gasteiger partial charge in [-0.1, -0.05) is 11.6 Å². The first kappa shape index (κ1) is 13.9. The van der Waals surface area contributed by atoms with Crippen molar-refractivity contribution in [1.82, 2.24) is 9.76 Å². The number of quaternary nitrogens is 1. The van der Waals surface area contributed by atoms with Crippen molar-refractivity contribution in [3.63, 3.8) is 0 Å². The molecule has 0 aliphatic carbocycles. The second-order valence-electron chi connectivity index (χ2n) is 4.05. The van der Waals surface area contributed by atoms with Crippen LogP contribution >= 0.6 is 11.6 Å². The van der Waals surface area contributed by atoms with E-state index >= 15 is 0 Å². The van der Waals surface area contributed by atoms with Crippen molar-refractivity contribution in [2.24, 2.45) is 10.4 Å². The Hall–Kier alpha value is -1.51. The molecule has 1 aliphatic rings. The van der Waals surface area contributed by atoms with Gasteiger partial charge in [0.2, 0.25) is 12.4 Å². The van der Waals surface area contributed by atoms with Crippen molar-refractivity contribution in [3.05, 3.63) is 28.2 Å². The first-order valence-electron chi connectivity index (χ1n) is 5.48. The number of phenolic OH excluding ortho intramolecular Hbond substituents is 1. The minimum absolute atomic E-state index is 0.196. The molecule has 0 aromatic heterocycles. The Morgan fingerprint density at radius 2 is 2.26 bits per heavy atom. The van der Waals surface area contributed by atoms with E-state index in [2.05, 4.69) is 10.4 Å². The molecule has 0 saturated carbocycles. The molecule has 1 N–H and O–H groups in total. The Morgan fingerprint density at radius 3 is 2.95 bits per heavy atom. The van der Waals surface area contributed by atoms with E-state index in [1.807, 2.05) is 0 Å². The molecular formula is C10H11ClF2N4O2. The topological polar surface area (TPSA) is 71.2 Å². The van der Waals surface area contributed by atoms with Gasteiger partial charge in [-0.25, -0.2) is 9.40 Å². The summed E-state index contributed by atoms with van der Waals surface area (Å²) in [6.07, 6.45) is 0.202. The van der Waals surface area contributed by atoms with Crippen LogP contribution in [-0.2, 0) is 0 Å². The fourth-order valence-corrected chi connectivity index (χ4v) is 1.83. The van der Waals surface area contributed by atoms with Gasteiger partial charge in [0.05, 0.1) is 16.9 Å². The third-order valence-corrected chi connectivity index (χ3v) is 2.91. The lowest BCUT2D eigenvalue weighted by molar-refractivity contribution is 0.240. The van der Waals surface area contributed by atoms with Gasteiger partial charge in [0, 0.05) is 18.7 Å². The van der Waals surface area contributed by atoms with Crippen molar-refractivity contribution in [2.75, 3.05) is 19.9 Å². The molecule has 2 rings (SSSR count). The number of hydrogen-bond acceptors (Lipinski definition) is 5. The van der Waals surface area contributed by atoms with E-state index in [1.165, 1.54) is 5.01 Å². The molecule has 6 nitrogen and oxygen atoms in total. The van der Waals surface area contributed by atoms with Gasteiger partial charge in [-0.2, -0.15) is 4.76 Å². The lowest BCUT2D eigenvalue weighted by Crippen LogP contribution is -2.40. The molecule has 0 spiro atoms. The van der Waals surface area contributed by atoms with Crippen LogP contribution in [0.15, 0.2) is 22.6 Å². The maximum Gasteiger partial charge on any atom is 0.202 e. The van der Waals surface area contributed by atoms with E-state index in [0.717, 1.165) is 12.1 Å². The Bertz CT molecular complexity index is 517. The van der Waals surface area contributed by atoms with Crippen LogP contribution in [0.3, 0.4) is 0 Å². The molecule has 9 heteroatoms. The molecule has 0 radical (unpaired) electrons. The van der Waals surface area contributed by atoms with E-state index in [1.54, 1.807) is 0 Å². The largest absolute Gasteiger partial charge is 0.597 e. The van der Waals surface area contributed by atoms with Gasteiger partial charge in [0.1, 0.15) is 5.75 Å². The highest BCUT2D eigenvalue weighted by Crippen LogP contribution is 2.36. The third-order valence-electron chi connectivity index (χ3n) is 2.61. The summed E-state index contributed by atoms with van der Waals surface area (Å²) < 4.78 is 24.3. The molecule has 0 saturated heterocycles. The van der Waals surface area contributed by atoms with E-state index in [4.69, 9.17) is 11.6 Å². The predicted molar refractivity (Wildman–Crippen MR) is 65.3 cm³/mol. The fraction of sp³-hybridized carbons (Fsp3) is 0.400. The zero-order chi connectivity index (χ0) is 14.0. The summed E-state index contributed by atoms with van der Waals surface area (Å²) in [5.74, 6) is -1.30. The zero-order valence-electron chi connectivity index (χ0n) is 9.76. The van der Waals surface area contributed by atoms with E-state index < -0.39 is 28.7 Å². The normalized spacial score (nSPS) is 22.2. The summed E-state index contributed by atoms with van der Waals surface area (Å²) in [5, 5.41) is 29.8. The minimum atomic E-state index is -1.43.